The van der Waals surface area contributed by atoms with E-state index < -0.39 is 43.4 Å². The summed E-state index contributed by atoms with van der Waals surface area (Å²) in [6.45, 7) is 33.2. The Labute approximate surface area is 459 Å². The van der Waals surface area contributed by atoms with Crippen molar-refractivity contribution >= 4 is 52.5 Å². The number of sulfonamides is 1. The Morgan fingerprint density at radius 3 is 1.03 bits per heavy atom. The van der Waals surface area contributed by atoms with Crippen LogP contribution in [0.3, 0.4) is 0 Å². The first-order chi connectivity index (χ1) is 33.2. The Hall–Kier alpha value is -2.80. The smallest absolute Gasteiger partial charge is 0.229 e. The Balaban J connectivity index is -0.000000293. The third-order valence-electron chi connectivity index (χ3n) is 8.79. The third kappa shape index (κ3) is 25.3. The molecule has 406 valence electrons. The minimum Gasteiger partial charge on any atom is -0.453 e. The molecule has 0 amide bonds. The van der Waals surface area contributed by atoms with Gasteiger partial charge in [0.05, 0.1) is 98.1 Å². The Morgan fingerprint density at radius 1 is 0.493 bits per heavy atom. The number of benzene rings is 4. The second-order valence-corrected chi connectivity index (χ2v) is 17.7. The Morgan fingerprint density at radius 2 is 0.746 bits per heavy atom. The predicted octanol–water partition coefficient (Wildman–Crippen LogP) is 12.0. The van der Waals surface area contributed by atoms with Crippen LogP contribution in [0.15, 0.2) is 97.1 Å². The van der Waals surface area contributed by atoms with Crippen LogP contribution in [0.5, 0.6) is 23.0 Å². The number of ether oxygens (including phenoxy) is 4. The molecule has 6 atom stereocenters. The number of nitrogens with one attached hydrogen (secondary N) is 1. The van der Waals surface area contributed by atoms with Gasteiger partial charge in [-0.2, -0.15) is 0 Å². The molecule has 0 unspecified atom stereocenters. The molecule has 14 nitrogen and oxygen atoms in total. The number of para-hydroxylation sites is 8. The molecule has 8 rings (SSSR count). The van der Waals surface area contributed by atoms with E-state index in [1.165, 1.54) is 0 Å². The predicted molar refractivity (Wildman–Crippen MR) is 293 cm³/mol. The summed E-state index contributed by atoms with van der Waals surface area (Å²) in [4.78, 5) is 4.05. The van der Waals surface area contributed by atoms with Gasteiger partial charge in [-0.25, -0.2) is 21.6 Å². The number of hydrogen-bond donors (Lipinski definition) is 4. The van der Waals surface area contributed by atoms with Gasteiger partial charge < -0.3 is 44.7 Å². The van der Waals surface area contributed by atoms with Crippen molar-refractivity contribution in [2.45, 2.75) is 147 Å². The number of fused-ring (bicyclic) bond motifs is 4. The van der Waals surface area contributed by atoms with E-state index in [4.69, 9.17) is 24.7 Å². The van der Waals surface area contributed by atoms with E-state index in [9.17, 15) is 27.0 Å². The van der Waals surface area contributed by atoms with E-state index >= 15 is 0 Å². The van der Waals surface area contributed by atoms with Crippen LogP contribution in [-0.2, 0) is 65.7 Å². The standard InChI is InChI=1S/C18H20N2O5S.C17H18N2O3.8C2H6.CH3ClO2S.2V/c1-26(22,23)19-12-10-24-11-15(18(12)21)20-13-6-2-4-8-16(13)25-17-9-5-3-7-14(17)20;18-11-9-21-10-14(17(11)20)19-12-5-1-3-7-15(12)22-16-8-4-2-6-13(16)19;8*1-2;1-5(2,3)4;;/h2-9,12,15,18-19,21H,10-11H2,1H3;1-8,11,14,17,20H,9-10,18H2;8*1-2H3;1H3;;/t12-,15+,18+;11-,14+,17+;;;;;;;;;;;/m00.........../s1. The van der Waals surface area contributed by atoms with Gasteiger partial charge in [-0.15, -0.1) is 0 Å². The van der Waals surface area contributed by atoms with Crippen molar-refractivity contribution in [3.8, 4) is 23.0 Å². The molecule has 0 aromatic heterocycles. The molecule has 71 heavy (non-hydrogen) atoms. The zero-order valence-electron chi connectivity index (χ0n) is 45.8. The number of aliphatic hydroxyl groups excluding tert-OH is 2. The first kappa shape index (κ1) is 77.1. The monoisotopic (exact) mass is 1130 g/mol. The SMILES string of the molecule is CC.CC.CC.CC.CC.CC.CC.CC.CS(=O)(=O)Cl.CS(=O)(=O)N[C@H]1COC[C@@H](N2c3ccccc3Oc3ccccc32)[C@@H]1O.N[C@H]1COC[C@@H](N2c3ccccc3Oc3ccccc32)[C@@H]1O.[V].[V]. The van der Waals surface area contributed by atoms with Crippen LogP contribution >= 0.6 is 10.7 Å². The van der Waals surface area contributed by atoms with Crippen LogP contribution in [0, 0.1) is 0 Å². The van der Waals surface area contributed by atoms with Crippen molar-refractivity contribution in [1.29, 1.82) is 0 Å². The molecule has 2 saturated heterocycles. The molecule has 4 aromatic rings. The fourth-order valence-corrected chi connectivity index (χ4v) is 7.36. The fourth-order valence-electron chi connectivity index (χ4n) is 6.60. The van der Waals surface area contributed by atoms with Gasteiger partial charge in [-0.3, -0.25) is 0 Å². The first-order valence-electron chi connectivity index (χ1n) is 24.6. The number of anilines is 4. The van der Waals surface area contributed by atoms with Gasteiger partial charge in [0.1, 0.15) is 0 Å². The largest absolute Gasteiger partial charge is 0.453 e. The zero-order chi connectivity index (χ0) is 53.9. The maximum absolute atomic E-state index is 11.6. The average Bonchev–Trinajstić information content (AvgIpc) is 3.38. The summed E-state index contributed by atoms with van der Waals surface area (Å²) < 4.78 is 67.6. The number of rotatable bonds is 4. The van der Waals surface area contributed by atoms with E-state index in [-0.39, 0.29) is 62.4 Å². The second-order valence-electron chi connectivity index (χ2n) is 12.8. The number of hydrogen-bond acceptors (Lipinski definition) is 13. The quantitative estimate of drug-likeness (QED) is 0.141. The van der Waals surface area contributed by atoms with Crippen LogP contribution in [0.1, 0.15) is 111 Å². The molecule has 4 heterocycles. The van der Waals surface area contributed by atoms with Crippen LogP contribution in [0.25, 0.3) is 0 Å². The van der Waals surface area contributed by atoms with E-state index in [1.807, 2.05) is 213 Å². The summed E-state index contributed by atoms with van der Waals surface area (Å²) in [5.74, 6) is 2.90. The van der Waals surface area contributed by atoms with Crippen LogP contribution in [-0.4, -0.2) is 102 Å². The molecule has 19 heteroatoms. The van der Waals surface area contributed by atoms with Gasteiger partial charge >= 0.3 is 0 Å². The first-order valence-corrected chi connectivity index (χ1v) is 29.2. The maximum atomic E-state index is 11.6. The molecule has 4 aromatic carbocycles. The molecule has 2 fully saturated rings. The number of nitrogens with zero attached hydrogens (tertiary/aromatic N) is 2. The number of aliphatic hydroxyl groups is 2. The second kappa shape index (κ2) is 43.6. The molecule has 5 N–H and O–H groups in total. The Bertz CT molecular complexity index is 2050. The molecule has 4 aliphatic rings. The average molecular weight is 1130 g/mol. The summed E-state index contributed by atoms with van der Waals surface area (Å²) in [7, 11) is -2.16. The molecule has 0 bridgehead atoms. The topological polar surface area (TPSA) is 190 Å². The van der Waals surface area contributed by atoms with Crippen molar-refractivity contribution in [2.24, 2.45) is 5.73 Å². The molecular formula is C52H89ClN4O10S2V2. The molecule has 2 radical (unpaired) electrons. The summed E-state index contributed by atoms with van der Waals surface area (Å²) in [5.41, 5.74) is 9.43. The summed E-state index contributed by atoms with van der Waals surface area (Å²) in [5, 5.41) is 21.5. The summed E-state index contributed by atoms with van der Waals surface area (Å²) in [6, 6.07) is 28.9. The Kier molecular flexibility index (Phi) is 47.3. The van der Waals surface area contributed by atoms with E-state index in [1.54, 1.807) is 0 Å². The van der Waals surface area contributed by atoms with Gasteiger partial charge in [-0.05, 0) is 48.5 Å². The minimum atomic E-state index is -3.47. The fraction of sp³-hybridized carbons (Fsp3) is 0.538. The molecule has 4 aliphatic heterocycles. The van der Waals surface area contributed by atoms with Crippen molar-refractivity contribution in [3.05, 3.63) is 97.1 Å². The van der Waals surface area contributed by atoms with Gasteiger partial charge in [0, 0.05) is 47.8 Å². The molecule has 0 spiro atoms. The normalized spacial score (nSPS) is 19.0. The summed E-state index contributed by atoms with van der Waals surface area (Å²) in [6.07, 6.45) is 0.391. The van der Waals surface area contributed by atoms with Crippen LogP contribution < -0.4 is 29.7 Å². The van der Waals surface area contributed by atoms with Crippen molar-refractivity contribution in [3.63, 3.8) is 0 Å². The van der Waals surface area contributed by atoms with Crippen molar-refractivity contribution < 1.29 is 83.1 Å². The van der Waals surface area contributed by atoms with E-state index in [0.29, 0.717) is 24.7 Å². The number of nitrogens with two attached hydrogens (primary N) is 1. The molecule has 0 saturated carbocycles. The minimum absolute atomic E-state index is 0. The van der Waals surface area contributed by atoms with Gasteiger partial charge in [0.25, 0.3) is 0 Å². The zero-order valence-corrected chi connectivity index (χ0v) is 50.9. The number of halogens is 1. The molecule has 0 aliphatic carbocycles. The van der Waals surface area contributed by atoms with Crippen molar-refractivity contribution in [2.75, 3.05) is 48.7 Å². The maximum Gasteiger partial charge on any atom is 0.229 e. The van der Waals surface area contributed by atoms with E-state index in [2.05, 4.69) is 20.3 Å². The van der Waals surface area contributed by atoms with Crippen molar-refractivity contribution in [1.82, 2.24) is 4.72 Å². The van der Waals surface area contributed by atoms with Gasteiger partial charge in [0.2, 0.25) is 19.1 Å². The van der Waals surface area contributed by atoms with Gasteiger partial charge in [-0.1, -0.05) is 159 Å². The van der Waals surface area contributed by atoms with Crippen LogP contribution in [0.4, 0.5) is 22.7 Å². The third-order valence-corrected chi connectivity index (χ3v) is 9.52. The van der Waals surface area contributed by atoms with Crippen LogP contribution in [0.2, 0.25) is 0 Å². The van der Waals surface area contributed by atoms with E-state index in [0.717, 1.165) is 46.8 Å². The van der Waals surface area contributed by atoms with Gasteiger partial charge in [0.15, 0.2) is 23.0 Å². The summed E-state index contributed by atoms with van der Waals surface area (Å²) >= 11 is 0. The molecular weight excluding hydrogens is 1040 g/mol.